The maximum atomic E-state index is 9.20. The fraction of sp³-hybridized carbons (Fsp3) is 0.600. The van der Waals surface area contributed by atoms with Gasteiger partial charge in [0.15, 0.2) is 0 Å². The first-order valence-corrected chi connectivity index (χ1v) is 3.90. The molecule has 0 aromatic rings. The molecule has 1 aliphatic carbocycles. The van der Waals surface area contributed by atoms with E-state index in [4.69, 9.17) is 6.42 Å². The summed E-state index contributed by atoms with van der Waals surface area (Å²) in [7, 11) is 0. The van der Waals surface area contributed by atoms with E-state index in [1.165, 1.54) is 0 Å². The van der Waals surface area contributed by atoms with E-state index in [9.17, 15) is 5.11 Å². The standard InChI is InChI=1S/C10H14O/c1-4-10(2,3)8-5-6-9(11)7-8/h1,5-6,8-9,11H,7H2,2-3H3. The predicted octanol–water partition coefficient (Wildman–Crippen LogP) is 1.58. The van der Waals surface area contributed by atoms with E-state index in [1.54, 1.807) is 0 Å². The summed E-state index contributed by atoms with van der Waals surface area (Å²) in [6.45, 7) is 4.06. The molecule has 0 spiro atoms. The van der Waals surface area contributed by atoms with Crippen molar-refractivity contribution in [2.45, 2.75) is 26.4 Å². The van der Waals surface area contributed by atoms with E-state index in [0.29, 0.717) is 5.92 Å². The molecule has 0 fully saturated rings. The summed E-state index contributed by atoms with van der Waals surface area (Å²) in [5, 5.41) is 9.20. The van der Waals surface area contributed by atoms with Crippen LogP contribution in [0.4, 0.5) is 0 Å². The second kappa shape index (κ2) is 2.71. The van der Waals surface area contributed by atoms with E-state index < -0.39 is 0 Å². The second-order valence-electron chi connectivity index (χ2n) is 3.66. The molecule has 2 atom stereocenters. The van der Waals surface area contributed by atoms with Gasteiger partial charge in [-0.05, 0) is 26.2 Å². The highest BCUT2D eigenvalue weighted by Crippen LogP contribution is 2.34. The Morgan fingerprint density at radius 2 is 2.18 bits per heavy atom. The van der Waals surface area contributed by atoms with Crippen molar-refractivity contribution in [3.63, 3.8) is 0 Å². The van der Waals surface area contributed by atoms with Crippen molar-refractivity contribution in [2.75, 3.05) is 0 Å². The van der Waals surface area contributed by atoms with Gasteiger partial charge in [-0.2, -0.15) is 0 Å². The molecule has 1 aliphatic rings. The van der Waals surface area contributed by atoms with Crippen molar-refractivity contribution in [3.05, 3.63) is 12.2 Å². The molecule has 0 amide bonds. The van der Waals surface area contributed by atoms with Crippen molar-refractivity contribution in [1.82, 2.24) is 0 Å². The summed E-state index contributed by atoms with van der Waals surface area (Å²) in [4.78, 5) is 0. The lowest BCUT2D eigenvalue weighted by Crippen LogP contribution is -2.20. The lowest BCUT2D eigenvalue weighted by molar-refractivity contribution is 0.188. The highest BCUT2D eigenvalue weighted by atomic mass is 16.3. The normalized spacial score (nSPS) is 30.4. The van der Waals surface area contributed by atoms with Crippen LogP contribution >= 0.6 is 0 Å². The topological polar surface area (TPSA) is 20.2 Å². The number of hydrogen-bond acceptors (Lipinski definition) is 1. The fourth-order valence-corrected chi connectivity index (χ4v) is 1.32. The third-order valence-corrected chi connectivity index (χ3v) is 2.36. The summed E-state index contributed by atoms with van der Waals surface area (Å²) in [5.74, 6) is 3.08. The van der Waals surface area contributed by atoms with Crippen LogP contribution < -0.4 is 0 Å². The number of hydrogen-bond donors (Lipinski definition) is 1. The summed E-state index contributed by atoms with van der Waals surface area (Å²) in [5.41, 5.74) is -0.117. The smallest absolute Gasteiger partial charge is 0.0727 e. The number of aliphatic hydroxyl groups is 1. The summed E-state index contributed by atoms with van der Waals surface area (Å²) in [6.07, 6.45) is 9.70. The van der Waals surface area contributed by atoms with Crippen LogP contribution in [-0.4, -0.2) is 11.2 Å². The third kappa shape index (κ3) is 1.64. The molecule has 1 N–H and O–H groups in total. The molecular weight excluding hydrogens is 136 g/mol. The minimum absolute atomic E-state index is 0.117. The van der Waals surface area contributed by atoms with Gasteiger partial charge in [0.1, 0.15) is 0 Å². The summed E-state index contributed by atoms with van der Waals surface area (Å²) >= 11 is 0. The van der Waals surface area contributed by atoms with Gasteiger partial charge in [0.2, 0.25) is 0 Å². The summed E-state index contributed by atoms with van der Waals surface area (Å²) in [6, 6.07) is 0. The first-order chi connectivity index (χ1) is 5.06. The van der Waals surface area contributed by atoms with Gasteiger partial charge in [0.25, 0.3) is 0 Å². The second-order valence-corrected chi connectivity index (χ2v) is 3.66. The lowest BCUT2D eigenvalue weighted by atomic mass is 9.79. The zero-order chi connectivity index (χ0) is 8.48. The Kier molecular flexibility index (Phi) is 2.06. The number of terminal acetylenes is 1. The van der Waals surface area contributed by atoms with E-state index >= 15 is 0 Å². The molecule has 11 heavy (non-hydrogen) atoms. The zero-order valence-corrected chi connectivity index (χ0v) is 7.04. The third-order valence-electron chi connectivity index (χ3n) is 2.36. The minimum Gasteiger partial charge on any atom is -0.389 e. The Morgan fingerprint density at radius 1 is 1.55 bits per heavy atom. The largest absolute Gasteiger partial charge is 0.389 e. The van der Waals surface area contributed by atoms with E-state index in [2.05, 4.69) is 5.92 Å². The first kappa shape index (κ1) is 8.36. The molecule has 0 aliphatic heterocycles. The Morgan fingerprint density at radius 3 is 2.55 bits per heavy atom. The quantitative estimate of drug-likeness (QED) is 0.444. The predicted molar refractivity (Wildman–Crippen MR) is 45.9 cm³/mol. The van der Waals surface area contributed by atoms with Gasteiger partial charge >= 0.3 is 0 Å². The molecule has 1 rings (SSSR count). The number of allylic oxidation sites excluding steroid dienone is 1. The maximum absolute atomic E-state index is 9.20. The summed E-state index contributed by atoms with van der Waals surface area (Å²) < 4.78 is 0. The van der Waals surface area contributed by atoms with Gasteiger partial charge in [0.05, 0.1) is 6.10 Å². The van der Waals surface area contributed by atoms with Crippen LogP contribution in [0.15, 0.2) is 12.2 Å². The van der Waals surface area contributed by atoms with Gasteiger partial charge in [-0.15, -0.1) is 6.42 Å². The fourth-order valence-electron chi connectivity index (χ4n) is 1.32. The SMILES string of the molecule is C#CC(C)(C)C1C=CC(O)C1. The molecule has 0 heterocycles. The van der Waals surface area contributed by atoms with Crippen molar-refractivity contribution in [1.29, 1.82) is 0 Å². The van der Waals surface area contributed by atoms with Crippen LogP contribution in [0.3, 0.4) is 0 Å². The molecule has 0 saturated heterocycles. The highest BCUT2D eigenvalue weighted by molar-refractivity contribution is 5.14. The van der Waals surface area contributed by atoms with Crippen LogP contribution in [0.1, 0.15) is 20.3 Å². The molecule has 0 bridgehead atoms. The Balaban J connectivity index is 2.66. The van der Waals surface area contributed by atoms with Crippen molar-refractivity contribution in [3.8, 4) is 12.3 Å². The molecule has 60 valence electrons. The molecule has 0 aromatic carbocycles. The van der Waals surface area contributed by atoms with Crippen LogP contribution in [0.5, 0.6) is 0 Å². The van der Waals surface area contributed by atoms with Crippen LogP contribution in [0, 0.1) is 23.7 Å². The van der Waals surface area contributed by atoms with Gasteiger partial charge in [-0.25, -0.2) is 0 Å². The van der Waals surface area contributed by atoms with Crippen molar-refractivity contribution in [2.24, 2.45) is 11.3 Å². The average Bonchev–Trinajstić information content (AvgIpc) is 2.36. The number of rotatable bonds is 1. The molecular formula is C10H14O. The average molecular weight is 150 g/mol. The molecule has 0 aromatic heterocycles. The monoisotopic (exact) mass is 150 g/mol. The van der Waals surface area contributed by atoms with Crippen LogP contribution in [0.2, 0.25) is 0 Å². The first-order valence-electron chi connectivity index (χ1n) is 3.90. The van der Waals surface area contributed by atoms with Gasteiger partial charge < -0.3 is 5.11 Å². The molecule has 0 saturated carbocycles. The minimum atomic E-state index is -0.285. The van der Waals surface area contributed by atoms with Crippen molar-refractivity contribution < 1.29 is 5.11 Å². The van der Waals surface area contributed by atoms with Crippen molar-refractivity contribution >= 4 is 0 Å². The Labute approximate surface area is 68.1 Å². The van der Waals surface area contributed by atoms with Gasteiger partial charge in [0, 0.05) is 5.41 Å². The molecule has 1 nitrogen and oxygen atoms in total. The van der Waals surface area contributed by atoms with Gasteiger partial charge in [-0.3, -0.25) is 0 Å². The molecule has 0 radical (unpaired) electrons. The van der Waals surface area contributed by atoms with Crippen LogP contribution in [-0.2, 0) is 0 Å². The van der Waals surface area contributed by atoms with E-state index in [-0.39, 0.29) is 11.5 Å². The number of aliphatic hydroxyl groups excluding tert-OH is 1. The highest BCUT2D eigenvalue weighted by Gasteiger charge is 2.29. The molecule has 1 heteroatoms. The van der Waals surface area contributed by atoms with E-state index in [1.807, 2.05) is 26.0 Å². The molecule has 2 unspecified atom stereocenters. The zero-order valence-electron chi connectivity index (χ0n) is 7.04. The Hall–Kier alpha value is -0.740. The maximum Gasteiger partial charge on any atom is 0.0727 e. The Bertz CT molecular complexity index is 207. The van der Waals surface area contributed by atoms with Gasteiger partial charge in [-0.1, -0.05) is 18.1 Å². The van der Waals surface area contributed by atoms with E-state index in [0.717, 1.165) is 6.42 Å². The lowest BCUT2D eigenvalue weighted by Gasteiger charge is -2.24. The van der Waals surface area contributed by atoms with Crippen LogP contribution in [0.25, 0.3) is 0 Å².